The molecule has 1 aromatic heterocycles. The van der Waals surface area contributed by atoms with Crippen LogP contribution in [0.3, 0.4) is 0 Å². The van der Waals surface area contributed by atoms with E-state index in [1.165, 1.54) is 0 Å². The van der Waals surface area contributed by atoms with E-state index in [1.54, 1.807) is 53.7 Å². The average molecular weight is 487 g/mol. The average Bonchev–Trinajstić information content (AvgIpc) is 3.17. The van der Waals surface area contributed by atoms with Crippen molar-refractivity contribution in [3.05, 3.63) is 70.9 Å². The second-order valence-electron chi connectivity index (χ2n) is 8.05. The molecular weight excluding hydrogens is 460 g/mol. The molecule has 1 fully saturated rings. The molecule has 0 spiro atoms. The molecule has 33 heavy (non-hydrogen) atoms. The number of aromatic nitrogens is 1. The first-order chi connectivity index (χ1) is 15.8. The highest BCUT2D eigenvalue weighted by atomic mass is 35.5. The van der Waals surface area contributed by atoms with Gasteiger partial charge in [0.15, 0.2) is 0 Å². The quantitative estimate of drug-likeness (QED) is 0.434. The Labute approximate surface area is 199 Å². The minimum Gasteiger partial charge on any atom is -0.462 e. The Bertz CT molecular complexity index is 1240. The summed E-state index contributed by atoms with van der Waals surface area (Å²) in [7, 11) is -3.52. The van der Waals surface area contributed by atoms with Crippen molar-refractivity contribution in [3.63, 3.8) is 0 Å². The van der Waals surface area contributed by atoms with Crippen molar-refractivity contribution >= 4 is 27.6 Å². The maximum Gasteiger partial charge on any atom is 0.339 e. The SMILES string of the molecule is CCOC(=O)c1cc(-c2ccc(Cl)cc2)n(-c2ccc(S(=O)(=O)N3CCCCC3)cc2)c1C. The molecule has 0 radical (unpaired) electrons. The summed E-state index contributed by atoms with van der Waals surface area (Å²) in [4.78, 5) is 12.8. The summed E-state index contributed by atoms with van der Waals surface area (Å²) in [5, 5.41) is 0.617. The maximum absolute atomic E-state index is 13.0. The Hall–Kier alpha value is -2.61. The minimum absolute atomic E-state index is 0.275. The van der Waals surface area contributed by atoms with E-state index in [2.05, 4.69) is 0 Å². The van der Waals surface area contributed by atoms with Gasteiger partial charge in [-0.25, -0.2) is 13.2 Å². The molecule has 1 aliphatic heterocycles. The van der Waals surface area contributed by atoms with Gasteiger partial charge in [-0.05, 0) is 74.7 Å². The fourth-order valence-corrected chi connectivity index (χ4v) is 5.85. The van der Waals surface area contributed by atoms with E-state index in [0.717, 1.165) is 36.2 Å². The second-order valence-corrected chi connectivity index (χ2v) is 10.4. The standard InChI is InChI=1S/C25H27ClN2O4S/c1-3-32-25(29)23-17-24(19-7-9-20(26)10-8-19)28(18(23)2)21-11-13-22(14-12-21)33(30,31)27-15-5-4-6-16-27/h7-14,17H,3-6,15-16H2,1-2H3. The van der Waals surface area contributed by atoms with Crippen LogP contribution in [0.25, 0.3) is 16.9 Å². The predicted octanol–water partition coefficient (Wildman–Crippen LogP) is 5.46. The van der Waals surface area contributed by atoms with E-state index in [9.17, 15) is 13.2 Å². The smallest absolute Gasteiger partial charge is 0.339 e. The number of hydrogen-bond donors (Lipinski definition) is 0. The molecule has 0 unspecified atom stereocenters. The molecule has 0 atom stereocenters. The number of piperidine rings is 1. The Balaban J connectivity index is 1.77. The summed E-state index contributed by atoms with van der Waals surface area (Å²) in [6.07, 6.45) is 2.84. The van der Waals surface area contributed by atoms with Crippen molar-refractivity contribution in [1.82, 2.24) is 8.87 Å². The molecule has 2 heterocycles. The molecule has 1 aliphatic rings. The van der Waals surface area contributed by atoms with Crippen molar-refractivity contribution < 1.29 is 17.9 Å². The molecule has 2 aromatic carbocycles. The van der Waals surface area contributed by atoms with Gasteiger partial charge in [0.25, 0.3) is 0 Å². The first-order valence-electron chi connectivity index (χ1n) is 11.1. The van der Waals surface area contributed by atoms with Crippen LogP contribution in [0.4, 0.5) is 0 Å². The zero-order chi connectivity index (χ0) is 23.6. The van der Waals surface area contributed by atoms with Gasteiger partial charge in [-0.3, -0.25) is 0 Å². The van der Waals surface area contributed by atoms with E-state index in [-0.39, 0.29) is 11.5 Å². The molecule has 4 rings (SSSR count). The normalized spacial score (nSPS) is 14.9. The molecule has 0 N–H and O–H groups in total. The first-order valence-corrected chi connectivity index (χ1v) is 12.9. The Morgan fingerprint density at radius 2 is 1.64 bits per heavy atom. The number of nitrogens with zero attached hydrogens (tertiary/aromatic N) is 2. The number of rotatable bonds is 6. The van der Waals surface area contributed by atoms with E-state index in [4.69, 9.17) is 16.3 Å². The predicted molar refractivity (Wildman–Crippen MR) is 130 cm³/mol. The summed E-state index contributed by atoms with van der Waals surface area (Å²) < 4.78 is 34.8. The minimum atomic E-state index is -3.52. The molecular formula is C25H27ClN2O4S. The lowest BCUT2D eigenvalue weighted by molar-refractivity contribution is 0.0525. The summed E-state index contributed by atoms with van der Waals surface area (Å²) in [6.45, 7) is 5.02. The third-order valence-electron chi connectivity index (χ3n) is 5.93. The lowest BCUT2D eigenvalue weighted by atomic mass is 10.1. The molecule has 0 aliphatic carbocycles. The zero-order valence-electron chi connectivity index (χ0n) is 18.8. The molecule has 0 amide bonds. The summed E-state index contributed by atoms with van der Waals surface area (Å²) >= 11 is 6.07. The number of ether oxygens (including phenoxy) is 1. The van der Waals surface area contributed by atoms with Crippen molar-refractivity contribution in [2.24, 2.45) is 0 Å². The Morgan fingerprint density at radius 1 is 1.00 bits per heavy atom. The maximum atomic E-state index is 13.0. The van der Waals surface area contributed by atoms with Gasteiger partial charge in [-0.2, -0.15) is 4.31 Å². The topological polar surface area (TPSA) is 68.6 Å². The van der Waals surface area contributed by atoms with E-state index < -0.39 is 16.0 Å². The van der Waals surface area contributed by atoms with Crippen LogP contribution in [0.5, 0.6) is 0 Å². The van der Waals surface area contributed by atoms with Gasteiger partial charge >= 0.3 is 5.97 Å². The van der Waals surface area contributed by atoms with Crippen LogP contribution in [0.2, 0.25) is 5.02 Å². The third-order valence-corrected chi connectivity index (χ3v) is 8.10. The molecule has 0 saturated carbocycles. The van der Waals surface area contributed by atoms with Gasteiger partial charge in [-0.15, -0.1) is 0 Å². The van der Waals surface area contributed by atoms with E-state index in [1.807, 2.05) is 23.6 Å². The van der Waals surface area contributed by atoms with Crippen LogP contribution in [-0.2, 0) is 14.8 Å². The Kier molecular flexibility index (Phi) is 6.93. The van der Waals surface area contributed by atoms with E-state index in [0.29, 0.717) is 29.4 Å². The van der Waals surface area contributed by atoms with Gasteiger partial charge in [0.05, 0.1) is 22.8 Å². The number of carbonyl (C=O) groups excluding carboxylic acids is 1. The van der Waals surface area contributed by atoms with Gasteiger partial charge < -0.3 is 9.30 Å². The highest BCUT2D eigenvalue weighted by Crippen LogP contribution is 2.31. The van der Waals surface area contributed by atoms with Gasteiger partial charge in [0.2, 0.25) is 10.0 Å². The Morgan fingerprint density at radius 3 is 2.24 bits per heavy atom. The largest absolute Gasteiger partial charge is 0.462 e. The van der Waals surface area contributed by atoms with Gasteiger partial charge in [0, 0.05) is 29.5 Å². The van der Waals surface area contributed by atoms with Crippen LogP contribution in [0.1, 0.15) is 42.2 Å². The zero-order valence-corrected chi connectivity index (χ0v) is 20.3. The van der Waals surface area contributed by atoms with Crippen LogP contribution in [-0.4, -0.2) is 43.0 Å². The monoisotopic (exact) mass is 486 g/mol. The van der Waals surface area contributed by atoms with Crippen LogP contribution >= 0.6 is 11.6 Å². The lowest BCUT2D eigenvalue weighted by Gasteiger charge is -2.26. The summed E-state index contributed by atoms with van der Waals surface area (Å²) in [6, 6.07) is 16.0. The lowest BCUT2D eigenvalue weighted by Crippen LogP contribution is -2.35. The molecule has 6 nitrogen and oxygen atoms in total. The first kappa shape index (κ1) is 23.5. The van der Waals surface area contributed by atoms with Crippen molar-refractivity contribution in [3.8, 4) is 16.9 Å². The number of benzene rings is 2. The number of hydrogen-bond acceptors (Lipinski definition) is 4. The van der Waals surface area contributed by atoms with Crippen LogP contribution in [0.15, 0.2) is 59.5 Å². The fraction of sp³-hybridized carbons (Fsp3) is 0.320. The fourth-order valence-electron chi connectivity index (χ4n) is 4.21. The van der Waals surface area contributed by atoms with Crippen molar-refractivity contribution in [2.75, 3.05) is 19.7 Å². The number of carbonyl (C=O) groups is 1. The second kappa shape index (κ2) is 9.71. The molecule has 0 bridgehead atoms. The number of sulfonamides is 1. The van der Waals surface area contributed by atoms with Crippen LogP contribution in [0, 0.1) is 6.92 Å². The summed E-state index contributed by atoms with van der Waals surface area (Å²) in [5.74, 6) is -0.395. The third kappa shape index (κ3) is 4.71. The molecule has 174 valence electrons. The molecule has 3 aromatic rings. The van der Waals surface area contributed by atoms with Gasteiger partial charge in [0.1, 0.15) is 0 Å². The highest BCUT2D eigenvalue weighted by Gasteiger charge is 2.26. The molecule has 8 heteroatoms. The number of halogens is 1. The van der Waals surface area contributed by atoms with Crippen LogP contribution < -0.4 is 0 Å². The van der Waals surface area contributed by atoms with E-state index >= 15 is 0 Å². The number of esters is 1. The van der Waals surface area contributed by atoms with Gasteiger partial charge in [-0.1, -0.05) is 30.2 Å². The van der Waals surface area contributed by atoms with Crippen molar-refractivity contribution in [2.45, 2.75) is 38.0 Å². The highest BCUT2D eigenvalue weighted by molar-refractivity contribution is 7.89. The molecule has 1 saturated heterocycles. The van der Waals surface area contributed by atoms with Crippen molar-refractivity contribution in [1.29, 1.82) is 0 Å². The summed E-state index contributed by atoms with van der Waals surface area (Å²) in [5.41, 5.74) is 3.60.